The smallest absolute Gasteiger partial charge is 0.347 e. The van der Waals surface area contributed by atoms with Crippen LogP contribution in [0.4, 0.5) is 26.3 Å². The maximum atomic E-state index is 13.2. The zero-order chi connectivity index (χ0) is 22.3. The molecule has 1 heterocycles. The summed E-state index contributed by atoms with van der Waals surface area (Å²) in [6, 6.07) is 6.23. The standard InChI is InChI=1S/C22H19F6NO/c1-13(2)11-29-12-15(5-6-30)19-9-14(3-4-20(19)29)16-7-17(21(23,24)25)10-18(8-16)22(26,27)28/h3-4,6-10,12-13H,5,11H2,1-2H3. The number of benzene rings is 2. The van der Waals surface area contributed by atoms with Gasteiger partial charge in [0.1, 0.15) is 6.29 Å². The summed E-state index contributed by atoms with van der Waals surface area (Å²) in [6.45, 7) is 4.69. The van der Waals surface area contributed by atoms with Crippen LogP contribution in [0.1, 0.15) is 30.5 Å². The fourth-order valence-corrected chi connectivity index (χ4v) is 3.47. The van der Waals surface area contributed by atoms with Gasteiger partial charge < -0.3 is 9.36 Å². The minimum Gasteiger partial charge on any atom is -0.347 e. The first-order valence-electron chi connectivity index (χ1n) is 9.25. The van der Waals surface area contributed by atoms with E-state index in [1.807, 2.05) is 18.4 Å². The van der Waals surface area contributed by atoms with Crippen LogP contribution in [0.3, 0.4) is 0 Å². The number of halogens is 6. The number of fused-ring (bicyclic) bond motifs is 1. The van der Waals surface area contributed by atoms with Crippen LogP contribution in [0, 0.1) is 5.92 Å². The summed E-state index contributed by atoms with van der Waals surface area (Å²) in [7, 11) is 0. The average Bonchev–Trinajstić information content (AvgIpc) is 2.96. The Hall–Kier alpha value is -2.77. The third-order valence-electron chi connectivity index (χ3n) is 4.75. The largest absolute Gasteiger partial charge is 0.416 e. The van der Waals surface area contributed by atoms with Gasteiger partial charge in [0.15, 0.2) is 0 Å². The second-order valence-corrected chi connectivity index (χ2v) is 7.60. The Morgan fingerprint density at radius 2 is 1.50 bits per heavy atom. The highest BCUT2D eigenvalue weighted by molar-refractivity contribution is 5.90. The zero-order valence-corrected chi connectivity index (χ0v) is 16.2. The van der Waals surface area contributed by atoms with Crippen LogP contribution in [0.15, 0.2) is 42.6 Å². The number of carbonyl (C=O) groups is 1. The lowest BCUT2D eigenvalue weighted by Crippen LogP contribution is -2.11. The number of hydrogen-bond acceptors (Lipinski definition) is 1. The lowest BCUT2D eigenvalue weighted by Gasteiger charge is -2.15. The Labute approximate surface area is 169 Å². The fourth-order valence-electron chi connectivity index (χ4n) is 3.47. The highest BCUT2D eigenvalue weighted by atomic mass is 19.4. The molecule has 0 amide bonds. The lowest BCUT2D eigenvalue weighted by atomic mass is 9.97. The molecule has 8 heteroatoms. The topological polar surface area (TPSA) is 22.0 Å². The highest BCUT2D eigenvalue weighted by Gasteiger charge is 2.37. The van der Waals surface area contributed by atoms with E-state index in [1.165, 1.54) is 6.07 Å². The molecule has 0 saturated carbocycles. The molecular weight excluding hydrogens is 408 g/mol. The summed E-state index contributed by atoms with van der Waals surface area (Å²) in [5.41, 5.74) is -1.25. The predicted octanol–water partition coefficient (Wildman–Crippen LogP) is 6.74. The second kappa shape index (κ2) is 7.81. The molecule has 3 aromatic rings. The fraction of sp³-hybridized carbons (Fsp3) is 0.318. The molecule has 1 aromatic heterocycles. The minimum absolute atomic E-state index is 0.0987. The minimum atomic E-state index is -4.91. The SMILES string of the molecule is CC(C)Cn1cc(CC=O)c2cc(-c3cc(C(F)(F)F)cc(C(F)(F)F)c3)ccc21. The number of rotatable bonds is 5. The number of aromatic nitrogens is 1. The van der Waals surface area contributed by atoms with E-state index >= 15 is 0 Å². The van der Waals surface area contributed by atoms with Crippen molar-refractivity contribution >= 4 is 17.2 Å². The van der Waals surface area contributed by atoms with Crippen LogP contribution < -0.4 is 0 Å². The molecule has 0 atom stereocenters. The van der Waals surface area contributed by atoms with E-state index in [0.29, 0.717) is 41.8 Å². The van der Waals surface area contributed by atoms with Crippen LogP contribution in [-0.4, -0.2) is 10.9 Å². The number of hydrogen-bond donors (Lipinski definition) is 0. The Balaban J connectivity index is 2.21. The van der Waals surface area contributed by atoms with E-state index in [4.69, 9.17) is 0 Å². The van der Waals surface area contributed by atoms with Crippen LogP contribution in [0.5, 0.6) is 0 Å². The number of aldehydes is 1. The summed E-state index contributed by atoms with van der Waals surface area (Å²) in [6.07, 6.45) is -7.21. The van der Waals surface area contributed by atoms with Gasteiger partial charge in [-0.25, -0.2) is 0 Å². The molecule has 0 spiro atoms. The molecule has 0 saturated heterocycles. The van der Waals surface area contributed by atoms with Crippen molar-refractivity contribution < 1.29 is 31.1 Å². The van der Waals surface area contributed by atoms with Crippen LogP contribution in [-0.2, 0) is 30.1 Å². The molecule has 30 heavy (non-hydrogen) atoms. The molecule has 3 rings (SSSR count). The Morgan fingerprint density at radius 1 is 0.900 bits per heavy atom. The Kier molecular flexibility index (Phi) is 5.71. The zero-order valence-electron chi connectivity index (χ0n) is 16.2. The van der Waals surface area contributed by atoms with Gasteiger partial charge in [-0.15, -0.1) is 0 Å². The monoisotopic (exact) mass is 427 g/mol. The molecule has 0 aliphatic carbocycles. The first-order valence-corrected chi connectivity index (χ1v) is 9.25. The third kappa shape index (κ3) is 4.52. The van der Waals surface area contributed by atoms with Crippen molar-refractivity contribution in [3.63, 3.8) is 0 Å². The predicted molar refractivity (Wildman–Crippen MR) is 102 cm³/mol. The number of nitrogens with zero attached hydrogens (tertiary/aromatic N) is 1. The molecule has 0 fully saturated rings. The number of alkyl halides is 6. The molecular formula is C22H19F6NO. The normalized spacial score (nSPS) is 12.7. The van der Waals surface area contributed by atoms with Gasteiger partial charge in [0.2, 0.25) is 0 Å². The van der Waals surface area contributed by atoms with Crippen molar-refractivity contribution in [2.45, 2.75) is 39.2 Å². The van der Waals surface area contributed by atoms with E-state index in [0.717, 1.165) is 5.52 Å². The highest BCUT2D eigenvalue weighted by Crippen LogP contribution is 2.39. The lowest BCUT2D eigenvalue weighted by molar-refractivity contribution is -0.143. The van der Waals surface area contributed by atoms with Crippen molar-refractivity contribution in [3.05, 3.63) is 59.3 Å². The maximum absolute atomic E-state index is 13.2. The van der Waals surface area contributed by atoms with Gasteiger partial charge in [-0.3, -0.25) is 0 Å². The summed E-state index contributed by atoms with van der Waals surface area (Å²) in [5.74, 6) is 0.308. The van der Waals surface area contributed by atoms with Crippen molar-refractivity contribution in [1.29, 1.82) is 0 Å². The van der Waals surface area contributed by atoms with Crippen LogP contribution in [0.25, 0.3) is 22.0 Å². The molecule has 2 aromatic carbocycles. The van der Waals surface area contributed by atoms with Gasteiger partial charge in [0.25, 0.3) is 0 Å². The summed E-state index contributed by atoms with van der Waals surface area (Å²) in [4.78, 5) is 11.1. The first kappa shape index (κ1) is 21.9. The van der Waals surface area contributed by atoms with Crippen LogP contribution in [0.2, 0.25) is 0 Å². The summed E-state index contributed by atoms with van der Waals surface area (Å²) in [5, 5.41) is 0.631. The maximum Gasteiger partial charge on any atom is 0.416 e. The third-order valence-corrected chi connectivity index (χ3v) is 4.75. The Morgan fingerprint density at radius 3 is 2.00 bits per heavy atom. The number of carbonyl (C=O) groups excluding carboxylic acids is 1. The van der Waals surface area contributed by atoms with E-state index in [-0.39, 0.29) is 23.6 Å². The Bertz CT molecular complexity index is 1040. The van der Waals surface area contributed by atoms with Gasteiger partial charge in [-0.1, -0.05) is 19.9 Å². The van der Waals surface area contributed by atoms with E-state index < -0.39 is 23.5 Å². The molecule has 0 radical (unpaired) electrons. The van der Waals surface area contributed by atoms with Gasteiger partial charge in [0.05, 0.1) is 11.1 Å². The second-order valence-electron chi connectivity index (χ2n) is 7.60. The van der Waals surface area contributed by atoms with E-state index in [2.05, 4.69) is 0 Å². The van der Waals surface area contributed by atoms with Crippen LogP contribution >= 0.6 is 0 Å². The molecule has 160 valence electrons. The van der Waals surface area contributed by atoms with Gasteiger partial charge in [0, 0.05) is 30.1 Å². The van der Waals surface area contributed by atoms with E-state index in [1.54, 1.807) is 18.3 Å². The first-order chi connectivity index (χ1) is 13.9. The van der Waals surface area contributed by atoms with Gasteiger partial charge in [-0.2, -0.15) is 26.3 Å². The van der Waals surface area contributed by atoms with E-state index in [9.17, 15) is 31.1 Å². The molecule has 0 N–H and O–H groups in total. The average molecular weight is 427 g/mol. The van der Waals surface area contributed by atoms with Crippen molar-refractivity contribution in [3.8, 4) is 11.1 Å². The molecule has 0 bridgehead atoms. The van der Waals surface area contributed by atoms with Crippen molar-refractivity contribution in [2.75, 3.05) is 0 Å². The van der Waals surface area contributed by atoms with Crippen molar-refractivity contribution in [2.24, 2.45) is 5.92 Å². The summed E-state index contributed by atoms with van der Waals surface area (Å²) < 4.78 is 81.0. The van der Waals surface area contributed by atoms with Gasteiger partial charge in [-0.05, 0) is 52.9 Å². The summed E-state index contributed by atoms with van der Waals surface area (Å²) >= 11 is 0. The molecule has 2 nitrogen and oxygen atoms in total. The quantitative estimate of drug-likeness (QED) is 0.326. The van der Waals surface area contributed by atoms with Crippen molar-refractivity contribution in [1.82, 2.24) is 4.57 Å². The molecule has 0 unspecified atom stereocenters. The molecule has 0 aliphatic heterocycles. The van der Waals surface area contributed by atoms with Gasteiger partial charge >= 0.3 is 12.4 Å². The molecule has 0 aliphatic rings.